The first-order valence-electron chi connectivity index (χ1n) is 5.02. The van der Waals surface area contributed by atoms with E-state index in [1.807, 2.05) is 27.7 Å². The summed E-state index contributed by atoms with van der Waals surface area (Å²) in [7, 11) is 1.48. The van der Waals surface area contributed by atoms with Gasteiger partial charge in [0.2, 0.25) is 0 Å². The quantitative estimate of drug-likeness (QED) is 0.782. The van der Waals surface area contributed by atoms with E-state index in [0.29, 0.717) is 18.8 Å². The van der Waals surface area contributed by atoms with E-state index in [1.54, 1.807) is 4.57 Å². The lowest BCUT2D eigenvalue weighted by Gasteiger charge is -2.20. The van der Waals surface area contributed by atoms with Crippen molar-refractivity contribution >= 4 is 19.7 Å². The van der Waals surface area contributed by atoms with E-state index >= 15 is 0 Å². The van der Waals surface area contributed by atoms with Gasteiger partial charge in [-0.25, -0.2) is 8.42 Å². The first-order chi connectivity index (χ1) is 7.15. The molecule has 5 nitrogen and oxygen atoms in total. The van der Waals surface area contributed by atoms with Crippen molar-refractivity contribution in [2.24, 2.45) is 5.41 Å². The Labute approximate surface area is 100 Å². The fourth-order valence-electron chi connectivity index (χ4n) is 1.39. The van der Waals surface area contributed by atoms with E-state index in [2.05, 4.69) is 10.2 Å². The summed E-state index contributed by atoms with van der Waals surface area (Å²) in [6.07, 6.45) is 0.621. The third-order valence-corrected chi connectivity index (χ3v) is 3.11. The summed E-state index contributed by atoms with van der Waals surface area (Å²) in [5.41, 5.74) is -0.0668. The van der Waals surface area contributed by atoms with Gasteiger partial charge in [-0.15, -0.1) is 10.2 Å². The van der Waals surface area contributed by atoms with Gasteiger partial charge >= 0.3 is 0 Å². The molecule has 1 aromatic heterocycles. The average molecular weight is 266 g/mol. The molecule has 1 aromatic rings. The zero-order valence-corrected chi connectivity index (χ0v) is 11.4. The molecule has 0 fully saturated rings. The minimum Gasteiger partial charge on any atom is -0.300 e. The molecule has 0 aliphatic rings. The third kappa shape index (κ3) is 3.18. The number of nitrogens with zero attached hydrogens (tertiary/aromatic N) is 3. The lowest BCUT2D eigenvalue weighted by molar-refractivity contribution is 0.324. The van der Waals surface area contributed by atoms with E-state index in [-0.39, 0.29) is 10.6 Å². The lowest BCUT2D eigenvalue weighted by Crippen LogP contribution is -2.20. The molecule has 0 atom stereocenters. The van der Waals surface area contributed by atoms with Crippen LogP contribution in [0.5, 0.6) is 0 Å². The molecule has 0 aromatic carbocycles. The fourth-order valence-corrected chi connectivity index (χ4v) is 2.31. The Balaban J connectivity index is 3.28. The van der Waals surface area contributed by atoms with Gasteiger partial charge in [0.15, 0.2) is 0 Å². The summed E-state index contributed by atoms with van der Waals surface area (Å²) in [5, 5.41) is 7.30. The van der Waals surface area contributed by atoms with Gasteiger partial charge in [0.1, 0.15) is 5.82 Å². The number of aromatic nitrogens is 3. The normalized spacial score (nSPS) is 13.1. The molecule has 0 aliphatic carbocycles. The van der Waals surface area contributed by atoms with Crippen LogP contribution in [0.3, 0.4) is 0 Å². The van der Waals surface area contributed by atoms with Crippen LogP contribution in [0, 0.1) is 5.41 Å². The van der Waals surface area contributed by atoms with E-state index < -0.39 is 9.05 Å². The first-order valence-corrected chi connectivity index (χ1v) is 7.33. The Hall–Kier alpha value is -0.620. The predicted molar refractivity (Wildman–Crippen MR) is 61.9 cm³/mol. The van der Waals surface area contributed by atoms with Crippen LogP contribution >= 0.6 is 10.7 Å². The second-order valence-corrected chi connectivity index (χ2v) is 7.30. The second-order valence-electron chi connectivity index (χ2n) is 4.84. The molecule has 92 valence electrons. The van der Waals surface area contributed by atoms with Crippen molar-refractivity contribution in [1.82, 2.24) is 14.8 Å². The van der Waals surface area contributed by atoms with Gasteiger partial charge in [0.05, 0.1) is 0 Å². The van der Waals surface area contributed by atoms with E-state index in [4.69, 9.17) is 10.7 Å². The molecular weight excluding hydrogens is 250 g/mol. The molecule has 16 heavy (non-hydrogen) atoms. The maximum Gasteiger partial charge on any atom is 0.296 e. The van der Waals surface area contributed by atoms with Crippen molar-refractivity contribution in [1.29, 1.82) is 0 Å². The Bertz CT molecular complexity index is 473. The Kier molecular flexibility index (Phi) is 3.64. The number of hydrogen-bond donors (Lipinski definition) is 0. The van der Waals surface area contributed by atoms with Gasteiger partial charge in [-0.3, -0.25) is 0 Å². The van der Waals surface area contributed by atoms with Gasteiger partial charge in [0.25, 0.3) is 14.2 Å². The number of aryl methyl sites for hydroxylation is 1. The van der Waals surface area contributed by atoms with E-state index in [9.17, 15) is 8.42 Å². The van der Waals surface area contributed by atoms with Crippen molar-refractivity contribution < 1.29 is 8.42 Å². The van der Waals surface area contributed by atoms with Crippen molar-refractivity contribution in [3.63, 3.8) is 0 Å². The van der Waals surface area contributed by atoms with Crippen LogP contribution in [-0.4, -0.2) is 23.2 Å². The molecule has 0 spiro atoms. The predicted octanol–water partition coefficient (Wildman–Crippen LogP) is 1.81. The second kappa shape index (κ2) is 4.33. The third-order valence-electron chi connectivity index (χ3n) is 1.96. The van der Waals surface area contributed by atoms with Gasteiger partial charge in [-0.2, -0.15) is 0 Å². The molecule has 0 radical (unpaired) electrons. The SMILES string of the molecule is CCc1nnc(S(=O)(=O)Cl)n1CC(C)(C)C. The zero-order valence-electron chi connectivity index (χ0n) is 9.86. The maximum atomic E-state index is 11.3. The smallest absolute Gasteiger partial charge is 0.296 e. The summed E-state index contributed by atoms with van der Waals surface area (Å²) in [5.74, 6) is 0.633. The van der Waals surface area contributed by atoms with Crippen LogP contribution < -0.4 is 0 Å². The monoisotopic (exact) mass is 265 g/mol. The van der Waals surface area contributed by atoms with Crippen LogP contribution in [0.15, 0.2) is 5.16 Å². The highest BCUT2D eigenvalue weighted by Crippen LogP contribution is 2.22. The summed E-state index contributed by atoms with van der Waals surface area (Å²) in [6, 6.07) is 0. The molecule has 1 heterocycles. The zero-order chi connectivity index (χ0) is 12.6. The van der Waals surface area contributed by atoms with Gasteiger partial charge in [0, 0.05) is 23.6 Å². The van der Waals surface area contributed by atoms with Crippen molar-refractivity contribution in [2.45, 2.75) is 45.8 Å². The molecule has 0 bridgehead atoms. The topological polar surface area (TPSA) is 64.8 Å². The summed E-state index contributed by atoms with van der Waals surface area (Å²) in [6.45, 7) is 8.45. The van der Waals surface area contributed by atoms with E-state index in [0.717, 1.165) is 0 Å². The molecule has 0 amide bonds. The van der Waals surface area contributed by atoms with Gasteiger partial charge in [-0.1, -0.05) is 27.7 Å². The summed E-state index contributed by atoms with van der Waals surface area (Å²) >= 11 is 0. The number of halogens is 1. The Morgan fingerprint density at radius 1 is 1.31 bits per heavy atom. The highest BCUT2D eigenvalue weighted by molar-refractivity contribution is 8.13. The molecule has 0 aliphatic heterocycles. The molecule has 0 N–H and O–H groups in total. The Morgan fingerprint density at radius 3 is 2.25 bits per heavy atom. The molecule has 0 unspecified atom stereocenters. The molecular formula is C9H16ClN3O2S. The van der Waals surface area contributed by atoms with Gasteiger partial charge in [-0.05, 0) is 5.41 Å². The number of hydrogen-bond acceptors (Lipinski definition) is 4. The first kappa shape index (κ1) is 13.4. The van der Waals surface area contributed by atoms with Crippen molar-refractivity contribution in [2.75, 3.05) is 0 Å². The number of rotatable bonds is 3. The van der Waals surface area contributed by atoms with Crippen LogP contribution in [-0.2, 0) is 22.0 Å². The molecule has 7 heteroatoms. The van der Waals surface area contributed by atoms with Crippen molar-refractivity contribution in [3.8, 4) is 0 Å². The van der Waals surface area contributed by atoms with Gasteiger partial charge < -0.3 is 4.57 Å². The van der Waals surface area contributed by atoms with Crippen LogP contribution in [0.4, 0.5) is 0 Å². The largest absolute Gasteiger partial charge is 0.300 e. The molecule has 0 saturated carbocycles. The Morgan fingerprint density at radius 2 is 1.88 bits per heavy atom. The van der Waals surface area contributed by atoms with Crippen LogP contribution in [0.25, 0.3) is 0 Å². The minimum atomic E-state index is -3.83. The van der Waals surface area contributed by atoms with Crippen LogP contribution in [0.1, 0.15) is 33.5 Å². The lowest BCUT2D eigenvalue weighted by atomic mass is 9.97. The highest BCUT2D eigenvalue weighted by Gasteiger charge is 2.24. The highest BCUT2D eigenvalue weighted by atomic mass is 35.7. The average Bonchev–Trinajstić information content (AvgIpc) is 2.43. The van der Waals surface area contributed by atoms with Crippen molar-refractivity contribution in [3.05, 3.63) is 5.82 Å². The summed E-state index contributed by atoms with van der Waals surface area (Å²) in [4.78, 5) is 0. The van der Waals surface area contributed by atoms with Crippen LogP contribution in [0.2, 0.25) is 0 Å². The summed E-state index contributed by atoms with van der Waals surface area (Å²) < 4.78 is 24.2. The van der Waals surface area contributed by atoms with E-state index in [1.165, 1.54) is 0 Å². The molecule has 1 rings (SSSR count). The minimum absolute atomic E-state index is 0.0668. The molecule has 0 saturated heterocycles. The fraction of sp³-hybridized carbons (Fsp3) is 0.778. The maximum absolute atomic E-state index is 11.3. The standard InChI is InChI=1S/C9H16ClN3O2S/c1-5-7-11-12-8(16(10,14)15)13(7)6-9(2,3)4/h5-6H2,1-4H3.